The van der Waals surface area contributed by atoms with Crippen molar-refractivity contribution >= 4 is 21.7 Å². The number of methoxy groups -OCH3 is 1. The van der Waals surface area contributed by atoms with E-state index in [1.807, 2.05) is 20.8 Å². The molecular formula is C17H25NO7S. The maximum absolute atomic E-state index is 12.5. The van der Waals surface area contributed by atoms with Crippen molar-refractivity contribution in [3.63, 3.8) is 0 Å². The van der Waals surface area contributed by atoms with Crippen LogP contribution in [0.15, 0.2) is 23.1 Å². The summed E-state index contributed by atoms with van der Waals surface area (Å²) in [5, 5.41) is 11.7. The van der Waals surface area contributed by atoms with Gasteiger partial charge in [0.2, 0.25) is 0 Å². The van der Waals surface area contributed by atoms with E-state index in [9.17, 15) is 23.1 Å². The molecule has 0 aromatic heterocycles. The van der Waals surface area contributed by atoms with Crippen molar-refractivity contribution in [1.82, 2.24) is 5.32 Å². The number of nitrogens with one attached hydrogen (secondary N) is 1. The highest BCUT2D eigenvalue weighted by Crippen LogP contribution is 2.22. The van der Waals surface area contributed by atoms with Gasteiger partial charge in [-0.3, -0.25) is 4.79 Å². The second-order valence-electron chi connectivity index (χ2n) is 6.75. The first-order valence-electron chi connectivity index (χ1n) is 7.91. The number of sulfone groups is 1. The Labute approximate surface area is 153 Å². The van der Waals surface area contributed by atoms with Gasteiger partial charge in [-0.2, -0.15) is 0 Å². The van der Waals surface area contributed by atoms with E-state index < -0.39 is 33.4 Å². The first-order chi connectivity index (χ1) is 11.8. The van der Waals surface area contributed by atoms with Gasteiger partial charge < -0.3 is 19.9 Å². The smallest absolute Gasteiger partial charge is 0.326 e. The van der Waals surface area contributed by atoms with Crippen molar-refractivity contribution in [2.24, 2.45) is 0 Å². The molecule has 1 amide bonds. The molecule has 1 unspecified atom stereocenters. The number of carboxylic acids is 1. The van der Waals surface area contributed by atoms with Crippen LogP contribution >= 0.6 is 0 Å². The zero-order valence-electron chi connectivity index (χ0n) is 15.5. The minimum atomic E-state index is -3.53. The fourth-order valence-corrected chi connectivity index (χ4v) is 2.72. The number of aliphatic carboxylic acids is 1. The van der Waals surface area contributed by atoms with E-state index in [2.05, 4.69) is 5.32 Å². The number of hydrogen-bond donors (Lipinski definition) is 2. The molecule has 0 spiro atoms. The van der Waals surface area contributed by atoms with Gasteiger partial charge in [-0.05, 0) is 39.0 Å². The second-order valence-corrected chi connectivity index (χ2v) is 8.76. The van der Waals surface area contributed by atoms with Crippen molar-refractivity contribution in [2.75, 3.05) is 20.0 Å². The zero-order chi connectivity index (χ0) is 20.1. The summed E-state index contributed by atoms with van der Waals surface area (Å²) in [6, 6.07) is 2.64. The number of benzene rings is 1. The van der Waals surface area contributed by atoms with Crippen LogP contribution in [-0.2, 0) is 19.4 Å². The number of hydrogen-bond acceptors (Lipinski definition) is 6. The fourth-order valence-electron chi connectivity index (χ4n) is 2.07. The molecule has 0 saturated carbocycles. The average Bonchev–Trinajstić information content (AvgIpc) is 2.50. The highest BCUT2D eigenvalue weighted by molar-refractivity contribution is 7.90. The molecule has 2 N–H and O–H groups in total. The molecule has 0 aliphatic rings. The Morgan fingerprint density at radius 3 is 2.35 bits per heavy atom. The van der Waals surface area contributed by atoms with E-state index in [0.29, 0.717) is 0 Å². The molecule has 0 radical (unpaired) electrons. The van der Waals surface area contributed by atoms with Crippen molar-refractivity contribution in [2.45, 2.75) is 43.7 Å². The van der Waals surface area contributed by atoms with Gasteiger partial charge in [0, 0.05) is 19.3 Å². The first-order valence-corrected chi connectivity index (χ1v) is 9.80. The highest BCUT2D eigenvalue weighted by Gasteiger charge is 2.24. The summed E-state index contributed by atoms with van der Waals surface area (Å²) in [6.07, 6.45) is 1.08. The Kier molecular flexibility index (Phi) is 7.16. The molecule has 1 rings (SSSR count). The second kappa shape index (κ2) is 8.50. The van der Waals surface area contributed by atoms with Gasteiger partial charge in [-0.25, -0.2) is 13.2 Å². The quantitative estimate of drug-likeness (QED) is 0.693. The normalized spacial score (nSPS) is 13.1. The standard InChI is InChI=1S/C17H25NO7S/c1-17(2,3)25-9-8-13(16(20)21)18-15(19)12-10-11(26(5,22)23)6-7-14(12)24-4/h6-7,10,13H,8-9H2,1-5H3,(H,18,19)(H,20,21). The number of carboxylic acid groups (broad SMARTS) is 1. The molecule has 146 valence electrons. The molecule has 9 heteroatoms. The molecule has 0 saturated heterocycles. The summed E-state index contributed by atoms with van der Waals surface area (Å²) in [4.78, 5) is 23.8. The summed E-state index contributed by atoms with van der Waals surface area (Å²) in [6.45, 7) is 5.65. The van der Waals surface area contributed by atoms with Crippen molar-refractivity contribution in [3.05, 3.63) is 23.8 Å². The summed E-state index contributed by atoms with van der Waals surface area (Å²) in [7, 11) is -2.20. The highest BCUT2D eigenvalue weighted by atomic mass is 32.2. The van der Waals surface area contributed by atoms with E-state index in [-0.39, 0.29) is 29.2 Å². The Balaban J connectivity index is 3.00. The Bertz CT molecular complexity index is 766. The molecule has 1 aromatic rings. The number of ether oxygens (including phenoxy) is 2. The third kappa shape index (κ3) is 6.64. The number of carbonyl (C=O) groups excluding carboxylic acids is 1. The van der Waals surface area contributed by atoms with E-state index in [4.69, 9.17) is 9.47 Å². The van der Waals surface area contributed by atoms with Crippen LogP contribution < -0.4 is 10.1 Å². The van der Waals surface area contributed by atoms with Crippen LogP contribution in [0, 0.1) is 0 Å². The summed E-state index contributed by atoms with van der Waals surface area (Å²) in [5.74, 6) is -1.81. The minimum Gasteiger partial charge on any atom is -0.496 e. The van der Waals surface area contributed by atoms with Crippen molar-refractivity contribution in [1.29, 1.82) is 0 Å². The van der Waals surface area contributed by atoms with Crippen molar-refractivity contribution in [3.8, 4) is 5.75 Å². The van der Waals surface area contributed by atoms with E-state index in [1.54, 1.807) is 0 Å². The SMILES string of the molecule is COc1ccc(S(C)(=O)=O)cc1C(=O)NC(CCOC(C)(C)C)C(=O)O. The maximum Gasteiger partial charge on any atom is 0.326 e. The van der Waals surface area contributed by atoms with Gasteiger partial charge in [0.1, 0.15) is 11.8 Å². The molecule has 0 aliphatic carbocycles. The predicted octanol–water partition coefficient (Wildman–Crippen LogP) is 1.49. The molecule has 0 aliphatic heterocycles. The Hall–Kier alpha value is -2.13. The van der Waals surface area contributed by atoms with Gasteiger partial charge in [0.15, 0.2) is 9.84 Å². The van der Waals surface area contributed by atoms with Gasteiger partial charge in [0.05, 0.1) is 23.2 Å². The molecule has 1 atom stereocenters. The maximum atomic E-state index is 12.5. The molecule has 26 heavy (non-hydrogen) atoms. The summed E-state index contributed by atoms with van der Waals surface area (Å²) < 4.78 is 33.9. The Morgan fingerprint density at radius 1 is 1.27 bits per heavy atom. The van der Waals surface area contributed by atoms with E-state index in [1.165, 1.54) is 19.2 Å². The van der Waals surface area contributed by atoms with E-state index >= 15 is 0 Å². The molecular weight excluding hydrogens is 362 g/mol. The largest absolute Gasteiger partial charge is 0.496 e. The molecule has 8 nitrogen and oxygen atoms in total. The number of rotatable bonds is 8. The van der Waals surface area contributed by atoms with Crippen LogP contribution in [0.2, 0.25) is 0 Å². The van der Waals surface area contributed by atoms with Crippen LogP contribution in [0.5, 0.6) is 5.75 Å². The fraction of sp³-hybridized carbons (Fsp3) is 0.529. The van der Waals surface area contributed by atoms with Crippen LogP contribution in [0.25, 0.3) is 0 Å². The lowest BCUT2D eigenvalue weighted by Gasteiger charge is -2.21. The van der Waals surface area contributed by atoms with Crippen LogP contribution in [0.3, 0.4) is 0 Å². The molecule has 1 aromatic carbocycles. The predicted molar refractivity (Wildman–Crippen MR) is 95.3 cm³/mol. The van der Waals surface area contributed by atoms with Crippen LogP contribution in [-0.4, -0.2) is 57.0 Å². The first kappa shape index (κ1) is 21.9. The summed E-state index contributed by atoms with van der Waals surface area (Å²) >= 11 is 0. The lowest BCUT2D eigenvalue weighted by Crippen LogP contribution is -2.42. The monoisotopic (exact) mass is 387 g/mol. The van der Waals surface area contributed by atoms with E-state index in [0.717, 1.165) is 12.3 Å². The minimum absolute atomic E-state index is 0.0570. The van der Waals surface area contributed by atoms with Crippen LogP contribution in [0.4, 0.5) is 0 Å². The van der Waals surface area contributed by atoms with Gasteiger partial charge in [-0.15, -0.1) is 0 Å². The number of amides is 1. The van der Waals surface area contributed by atoms with Crippen molar-refractivity contribution < 1.29 is 32.6 Å². The lowest BCUT2D eigenvalue weighted by atomic mass is 10.1. The topological polar surface area (TPSA) is 119 Å². The van der Waals surface area contributed by atoms with Crippen LogP contribution in [0.1, 0.15) is 37.6 Å². The lowest BCUT2D eigenvalue weighted by molar-refractivity contribution is -0.140. The average molecular weight is 387 g/mol. The van der Waals surface area contributed by atoms with Gasteiger partial charge >= 0.3 is 5.97 Å². The zero-order valence-corrected chi connectivity index (χ0v) is 16.3. The third-order valence-corrected chi connectivity index (χ3v) is 4.50. The van der Waals surface area contributed by atoms with Gasteiger partial charge in [0.25, 0.3) is 5.91 Å². The number of carbonyl (C=O) groups is 2. The molecule has 0 bridgehead atoms. The Morgan fingerprint density at radius 2 is 1.88 bits per heavy atom. The third-order valence-electron chi connectivity index (χ3n) is 3.39. The molecule has 0 fully saturated rings. The molecule has 0 heterocycles. The summed E-state index contributed by atoms with van der Waals surface area (Å²) in [5.41, 5.74) is -0.487. The van der Waals surface area contributed by atoms with Gasteiger partial charge in [-0.1, -0.05) is 0 Å².